The monoisotopic (exact) mass is 550 g/mol. The maximum Gasteiger partial charge on any atom is -0.0683 e. The molecule has 15 heavy (non-hydrogen) atoms. The summed E-state index contributed by atoms with van der Waals surface area (Å²) in [5.41, 5.74) is 0. The smallest absolute Gasteiger partial charge is 0.0683 e. The van der Waals surface area contributed by atoms with Gasteiger partial charge in [-0.25, -0.2) is 0 Å². The number of rotatable bonds is 0. The van der Waals surface area contributed by atoms with Crippen LogP contribution in [0.25, 0.3) is 0 Å². The predicted molar refractivity (Wildman–Crippen MR) is 108 cm³/mol. The van der Waals surface area contributed by atoms with Gasteiger partial charge in [0.05, 0.1) is 0 Å². The van der Waals surface area contributed by atoms with Crippen LogP contribution in [0.3, 0.4) is 0 Å². The molecule has 0 heterocycles. The van der Waals surface area contributed by atoms with E-state index >= 15 is 0 Å². The van der Waals surface area contributed by atoms with E-state index in [1.54, 1.807) is 0 Å². The molecule has 0 saturated carbocycles. The first-order valence-corrected chi connectivity index (χ1v) is 5.00. The molecule has 0 rings (SSSR count). The molecule has 0 aliphatic rings. The average molecular weight is 555 g/mol. The van der Waals surface area contributed by atoms with Gasteiger partial charge >= 0.3 is 0 Å². The Morgan fingerprint density at radius 2 is 0.200 bits per heavy atom. The summed E-state index contributed by atoms with van der Waals surface area (Å²) < 4.78 is 0. The van der Waals surface area contributed by atoms with Crippen molar-refractivity contribution in [1.82, 2.24) is 0 Å². The summed E-state index contributed by atoms with van der Waals surface area (Å²) in [5.74, 6) is 0. The minimum atomic E-state index is 0. The van der Waals surface area contributed by atoms with Crippen LogP contribution in [-0.4, -0.2) is 0 Å². The van der Waals surface area contributed by atoms with Gasteiger partial charge in [-0.15, -0.1) is 84.9 Å². The third-order valence-corrected chi connectivity index (χ3v) is 0. The van der Waals surface area contributed by atoms with Crippen molar-refractivity contribution in [3.63, 3.8) is 0 Å². The van der Waals surface area contributed by atoms with Crippen LogP contribution in [0.15, 0.2) is 0 Å². The third kappa shape index (κ3) is 590. The quantitative estimate of drug-likeness (QED) is 0.284. The summed E-state index contributed by atoms with van der Waals surface area (Å²) >= 11 is 0. The minimum absolute atomic E-state index is 0. The maximum absolute atomic E-state index is 2.00. The van der Waals surface area contributed by atoms with Crippen LogP contribution in [-0.2, 0) is 0 Å². The predicted octanol–water partition coefficient (Wildman–Crippen LogP) is 8.02. The molecule has 0 saturated heterocycles. The number of halogens is 5. The van der Waals surface area contributed by atoms with Crippen molar-refractivity contribution in [3.8, 4) is 0 Å². The zero-order valence-electron chi connectivity index (χ0n) is 12.0. The van der Waals surface area contributed by atoms with E-state index in [-0.39, 0.29) is 84.9 Å². The first-order valence-electron chi connectivity index (χ1n) is 5.00. The van der Waals surface area contributed by atoms with E-state index in [2.05, 4.69) is 0 Å². The van der Waals surface area contributed by atoms with Gasteiger partial charge in [0.25, 0.3) is 0 Å². The molecule has 0 aliphatic heterocycles. The van der Waals surface area contributed by atoms with E-state index in [9.17, 15) is 0 Å². The Hall–Kier alpha value is 2.40. The highest BCUT2D eigenvalue weighted by atomic mass is 79.9. The van der Waals surface area contributed by atoms with E-state index in [1.807, 2.05) is 69.2 Å². The van der Waals surface area contributed by atoms with Crippen molar-refractivity contribution in [2.24, 2.45) is 0 Å². The summed E-state index contributed by atoms with van der Waals surface area (Å²) in [5, 5.41) is 0. The average Bonchev–Trinajstić information content (AvgIpc) is 2.20. The lowest BCUT2D eigenvalue weighted by Gasteiger charge is -1.07. The fraction of sp³-hybridized carbons (Fsp3) is 1.00. The molecule has 0 nitrogen and oxygen atoms in total. The van der Waals surface area contributed by atoms with Crippen LogP contribution < -0.4 is 0 Å². The van der Waals surface area contributed by atoms with E-state index in [0.29, 0.717) is 0 Å². The van der Waals surface area contributed by atoms with E-state index in [4.69, 9.17) is 0 Å². The Labute approximate surface area is 153 Å². The molecule has 0 aromatic heterocycles. The SMILES string of the molecule is Br.Br.Br.Br.Br.CC.CC.CC.CC.CC. The molecule has 5 heteroatoms. The lowest BCUT2D eigenvalue weighted by Crippen LogP contribution is -0.856. The topological polar surface area (TPSA) is 0 Å². The van der Waals surface area contributed by atoms with Gasteiger partial charge in [-0.05, 0) is 0 Å². The highest BCUT2D eigenvalue weighted by molar-refractivity contribution is 8.93. The second kappa shape index (κ2) is 675. The van der Waals surface area contributed by atoms with Crippen LogP contribution in [0.4, 0.5) is 0 Å². The Bertz CT molecular complexity index is 13.8. The van der Waals surface area contributed by atoms with Crippen molar-refractivity contribution in [1.29, 1.82) is 0 Å². The third-order valence-electron chi connectivity index (χ3n) is 0. The van der Waals surface area contributed by atoms with Crippen molar-refractivity contribution in [3.05, 3.63) is 0 Å². The standard InChI is InChI=1S/5C2H6.5BrH/c5*1-2;;;;;/h5*1-2H3;5*1H. The van der Waals surface area contributed by atoms with Crippen LogP contribution in [0.5, 0.6) is 0 Å². The first-order chi connectivity index (χ1) is 5.00. The molecule has 0 spiro atoms. The van der Waals surface area contributed by atoms with Gasteiger partial charge in [-0.1, -0.05) is 69.2 Å². The molecule has 0 amide bonds. The van der Waals surface area contributed by atoms with Gasteiger partial charge in [0, 0.05) is 0 Å². The minimum Gasteiger partial charge on any atom is -0.114 e. The fourth-order valence-electron chi connectivity index (χ4n) is 0. The van der Waals surface area contributed by atoms with Crippen LogP contribution in [0.2, 0.25) is 0 Å². The molecule has 0 aliphatic carbocycles. The van der Waals surface area contributed by atoms with Gasteiger partial charge in [-0.3, -0.25) is 0 Å². The van der Waals surface area contributed by atoms with Gasteiger partial charge in [0.1, 0.15) is 0 Å². The van der Waals surface area contributed by atoms with E-state index in [0.717, 1.165) is 0 Å². The molecule has 0 unspecified atom stereocenters. The zero-order chi connectivity index (χ0) is 10.0. The second-order valence-electron chi connectivity index (χ2n) is 0. The highest BCUT2D eigenvalue weighted by Crippen LogP contribution is 1.15. The molecule has 110 valence electrons. The van der Waals surface area contributed by atoms with Gasteiger partial charge in [0.15, 0.2) is 0 Å². The Morgan fingerprint density at radius 1 is 0.200 bits per heavy atom. The van der Waals surface area contributed by atoms with E-state index in [1.165, 1.54) is 0 Å². The molecule has 0 aromatic rings. The normalized spacial score (nSPS) is 2.00. The largest absolute Gasteiger partial charge is 0.114 e. The van der Waals surface area contributed by atoms with Crippen molar-refractivity contribution in [2.45, 2.75) is 69.2 Å². The zero-order valence-corrected chi connectivity index (χ0v) is 20.6. The number of hydrogen-bond acceptors (Lipinski definition) is 0. The van der Waals surface area contributed by atoms with E-state index < -0.39 is 0 Å². The summed E-state index contributed by atoms with van der Waals surface area (Å²) in [7, 11) is 0. The molecule has 0 atom stereocenters. The Balaban J connectivity index is -0.00000000240. The molecule has 0 N–H and O–H groups in total. The van der Waals surface area contributed by atoms with Crippen molar-refractivity contribution >= 4 is 84.9 Å². The Kier molecular flexibility index (Phi) is 3850. The van der Waals surface area contributed by atoms with Crippen LogP contribution in [0, 0.1) is 0 Å². The van der Waals surface area contributed by atoms with Gasteiger partial charge < -0.3 is 0 Å². The summed E-state index contributed by atoms with van der Waals surface area (Å²) in [6.45, 7) is 20.0. The maximum atomic E-state index is 2.00. The first kappa shape index (κ1) is 85.5. The molecule has 0 fully saturated rings. The summed E-state index contributed by atoms with van der Waals surface area (Å²) in [6.07, 6.45) is 0. The van der Waals surface area contributed by atoms with Gasteiger partial charge in [-0.2, -0.15) is 0 Å². The molecular weight excluding hydrogens is 520 g/mol. The Morgan fingerprint density at radius 3 is 0.200 bits per heavy atom. The van der Waals surface area contributed by atoms with Crippen LogP contribution in [0.1, 0.15) is 69.2 Å². The van der Waals surface area contributed by atoms with Crippen molar-refractivity contribution in [2.75, 3.05) is 0 Å². The number of hydrogen-bond donors (Lipinski definition) is 0. The van der Waals surface area contributed by atoms with Crippen LogP contribution >= 0.6 is 84.9 Å². The lowest BCUT2D eigenvalue weighted by molar-refractivity contribution is 1.50. The lowest BCUT2D eigenvalue weighted by atomic mass is 11.0. The molecule has 0 aromatic carbocycles. The van der Waals surface area contributed by atoms with Gasteiger partial charge in [0.2, 0.25) is 0 Å². The van der Waals surface area contributed by atoms with Crippen molar-refractivity contribution < 1.29 is 0 Å². The summed E-state index contributed by atoms with van der Waals surface area (Å²) in [4.78, 5) is 0. The highest BCUT2D eigenvalue weighted by Gasteiger charge is 0.940. The fourth-order valence-corrected chi connectivity index (χ4v) is 0. The summed E-state index contributed by atoms with van der Waals surface area (Å²) in [6, 6.07) is 0. The molecule has 0 radical (unpaired) electrons. The second-order valence-corrected chi connectivity index (χ2v) is 0. The molecular formula is C10H35Br5. The molecule has 0 bridgehead atoms.